The number of ketones is 1. The minimum absolute atomic E-state index is 0.358. The highest BCUT2D eigenvalue weighted by Crippen LogP contribution is 2.33. The Balaban J connectivity index is 1.57. The second kappa shape index (κ2) is 6.30. The van der Waals surface area contributed by atoms with Crippen molar-refractivity contribution in [3.8, 4) is 0 Å². The van der Waals surface area contributed by atoms with Crippen molar-refractivity contribution < 1.29 is 9.59 Å². The van der Waals surface area contributed by atoms with Crippen LogP contribution in [0.25, 0.3) is 10.2 Å². The Morgan fingerprint density at radius 3 is 2.69 bits per heavy atom. The van der Waals surface area contributed by atoms with Gasteiger partial charge in [-0.3, -0.25) is 19.4 Å². The Kier molecular flexibility index (Phi) is 4.09. The average Bonchev–Trinajstić information content (AvgIpc) is 3.09. The third-order valence-electron chi connectivity index (χ3n) is 4.54. The Morgan fingerprint density at radius 1 is 1.15 bits per heavy atom. The van der Waals surface area contributed by atoms with Crippen molar-refractivity contribution in [3.05, 3.63) is 58.1 Å². The van der Waals surface area contributed by atoms with E-state index in [1.165, 1.54) is 0 Å². The molecule has 0 saturated carbocycles. The molecule has 0 fully saturated rings. The molecule has 0 spiro atoms. The molecule has 1 aliphatic heterocycles. The third-order valence-corrected chi connectivity index (χ3v) is 5.56. The Hall–Kier alpha value is -2.57. The topological polar surface area (TPSA) is 53.5 Å². The lowest BCUT2D eigenvalue weighted by Gasteiger charge is -2.24. The maximum atomic E-state index is 12.5. The number of aromatic nitrogens is 1. The van der Waals surface area contributed by atoms with Gasteiger partial charge >= 0.3 is 5.91 Å². The molecule has 2 heterocycles. The number of rotatable bonds is 4. The van der Waals surface area contributed by atoms with Gasteiger partial charge < -0.3 is 0 Å². The van der Waals surface area contributed by atoms with E-state index >= 15 is 0 Å². The fraction of sp³-hybridized carbons (Fsp3) is 0.250. The minimum Gasteiger partial charge on any atom is -0.291 e. The summed E-state index contributed by atoms with van der Waals surface area (Å²) in [6.45, 7) is 4.84. The standard InChI is InChI=1S/C20H19N3O2S/c1-12-8-13(2)18-15(9-12)23(20(25)19(18)24)11-22(3)10-17-21-14-6-4-5-7-16(14)26-17/h4-9H,10-11H2,1-3H3. The second-order valence-electron chi connectivity index (χ2n) is 6.77. The van der Waals surface area contributed by atoms with E-state index in [-0.39, 0.29) is 0 Å². The molecule has 0 N–H and O–H groups in total. The Bertz CT molecular complexity index is 1010. The smallest absolute Gasteiger partial charge is 0.291 e. The van der Waals surface area contributed by atoms with Gasteiger partial charge in [0.15, 0.2) is 0 Å². The number of nitrogens with zero attached hydrogens (tertiary/aromatic N) is 3. The van der Waals surface area contributed by atoms with Gasteiger partial charge in [-0.2, -0.15) is 0 Å². The van der Waals surface area contributed by atoms with Gasteiger partial charge in [-0.15, -0.1) is 11.3 Å². The molecule has 0 saturated heterocycles. The molecule has 0 bridgehead atoms. The number of para-hydroxylation sites is 1. The monoisotopic (exact) mass is 365 g/mol. The van der Waals surface area contributed by atoms with Gasteiger partial charge in [-0.1, -0.05) is 18.2 Å². The normalized spacial score (nSPS) is 13.9. The first-order valence-electron chi connectivity index (χ1n) is 8.44. The lowest BCUT2D eigenvalue weighted by Crippen LogP contribution is -2.38. The van der Waals surface area contributed by atoms with Gasteiger partial charge in [-0.05, 0) is 50.2 Å². The number of carbonyl (C=O) groups is 2. The first-order valence-corrected chi connectivity index (χ1v) is 9.26. The summed E-state index contributed by atoms with van der Waals surface area (Å²) in [6, 6.07) is 11.9. The van der Waals surface area contributed by atoms with Gasteiger partial charge in [0.05, 0.1) is 34.7 Å². The van der Waals surface area contributed by atoms with E-state index in [9.17, 15) is 9.59 Å². The number of carbonyl (C=O) groups excluding carboxylic acids is 2. The Morgan fingerprint density at radius 2 is 1.92 bits per heavy atom. The number of fused-ring (bicyclic) bond motifs is 2. The van der Waals surface area contributed by atoms with Gasteiger partial charge in [0.25, 0.3) is 5.78 Å². The number of anilines is 1. The number of aryl methyl sites for hydroxylation is 2. The SMILES string of the molecule is Cc1cc(C)c2c(c1)N(CN(C)Cc1nc3ccccc3s1)C(=O)C2=O. The molecule has 0 radical (unpaired) electrons. The van der Waals surface area contributed by atoms with Crippen LogP contribution in [0.2, 0.25) is 0 Å². The zero-order valence-electron chi connectivity index (χ0n) is 14.9. The summed E-state index contributed by atoms with van der Waals surface area (Å²) < 4.78 is 1.15. The molecular formula is C20H19N3O2S. The van der Waals surface area contributed by atoms with Crippen molar-refractivity contribution in [1.82, 2.24) is 9.88 Å². The number of amides is 1. The summed E-state index contributed by atoms with van der Waals surface area (Å²) in [5.74, 6) is -0.865. The van der Waals surface area contributed by atoms with Crippen LogP contribution in [0.1, 0.15) is 26.5 Å². The lowest BCUT2D eigenvalue weighted by atomic mass is 10.0. The van der Waals surface area contributed by atoms with Crippen molar-refractivity contribution in [3.63, 3.8) is 0 Å². The van der Waals surface area contributed by atoms with Crippen molar-refractivity contribution in [2.75, 3.05) is 18.6 Å². The van der Waals surface area contributed by atoms with E-state index in [1.54, 1.807) is 16.2 Å². The third kappa shape index (κ3) is 2.81. The van der Waals surface area contributed by atoms with E-state index < -0.39 is 11.7 Å². The van der Waals surface area contributed by atoms with Gasteiger partial charge in [-0.25, -0.2) is 4.98 Å². The van der Waals surface area contributed by atoms with Crippen molar-refractivity contribution in [2.24, 2.45) is 0 Å². The predicted octanol–water partition coefficient (Wildman–Crippen LogP) is 3.53. The highest BCUT2D eigenvalue weighted by atomic mass is 32.1. The summed E-state index contributed by atoms with van der Waals surface area (Å²) in [6.07, 6.45) is 0. The molecule has 2 aromatic carbocycles. The van der Waals surface area contributed by atoms with Crippen LogP contribution in [0.15, 0.2) is 36.4 Å². The van der Waals surface area contributed by atoms with Gasteiger partial charge in [0.2, 0.25) is 0 Å². The van der Waals surface area contributed by atoms with Crippen molar-refractivity contribution >= 4 is 38.9 Å². The molecule has 1 amide bonds. The van der Waals surface area contributed by atoms with Gasteiger partial charge in [0, 0.05) is 0 Å². The van der Waals surface area contributed by atoms with E-state index in [0.29, 0.717) is 24.5 Å². The number of thiazole rings is 1. The quantitative estimate of drug-likeness (QED) is 0.664. The largest absolute Gasteiger partial charge is 0.300 e. The number of hydrogen-bond acceptors (Lipinski definition) is 5. The van der Waals surface area contributed by atoms with E-state index in [0.717, 1.165) is 26.4 Å². The Labute approximate surface area is 155 Å². The second-order valence-corrected chi connectivity index (χ2v) is 7.88. The van der Waals surface area contributed by atoms with E-state index in [1.807, 2.05) is 56.1 Å². The van der Waals surface area contributed by atoms with E-state index in [4.69, 9.17) is 0 Å². The number of benzene rings is 2. The molecule has 26 heavy (non-hydrogen) atoms. The van der Waals surface area contributed by atoms with Gasteiger partial charge in [0.1, 0.15) is 5.01 Å². The average molecular weight is 365 g/mol. The van der Waals surface area contributed by atoms with Crippen LogP contribution in [0, 0.1) is 13.8 Å². The highest BCUT2D eigenvalue weighted by molar-refractivity contribution is 7.18. The molecule has 0 unspecified atom stereocenters. The zero-order valence-corrected chi connectivity index (χ0v) is 15.8. The lowest BCUT2D eigenvalue weighted by molar-refractivity contribution is -0.114. The van der Waals surface area contributed by atoms with Crippen LogP contribution < -0.4 is 4.90 Å². The summed E-state index contributed by atoms with van der Waals surface area (Å²) in [7, 11) is 1.93. The summed E-state index contributed by atoms with van der Waals surface area (Å²) in [5, 5.41) is 0.993. The first kappa shape index (κ1) is 16.9. The molecule has 6 heteroatoms. The fourth-order valence-electron chi connectivity index (χ4n) is 3.44. The molecule has 1 aliphatic rings. The molecule has 5 nitrogen and oxygen atoms in total. The first-order chi connectivity index (χ1) is 12.4. The summed E-state index contributed by atoms with van der Waals surface area (Å²) in [5.41, 5.74) is 4.14. The van der Waals surface area contributed by atoms with Crippen LogP contribution in [0.3, 0.4) is 0 Å². The summed E-state index contributed by atoms with van der Waals surface area (Å²) >= 11 is 1.65. The molecular weight excluding hydrogens is 346 g/mol. The molecule has 0 aliphatic carbocycles. The van der Waals surface area contributed by atoms with Crippen LogP contribution in [-0.2, 0) is 11.3 Å². The van der Waals surface area contributed by atoms with E-state index in [2.05, 4.69) is 11.1 Å². The van der Waals surface area contributed by atoms with Crippen LogP contribution in [0.5, 0.6) is 0 Å². The van der Waals surface area contributed by atoms with Crippen LogP contribution in [-0.4, -0.2) is 35.3 Å². The maximum Gasteiger partial charge on any atom is 0.300 e. The number of Topliss-reactive ketones (excluding diaryl/α,β-unsaturated/α-hetero) is 1. The zero-order chi connectivity index (χ0) is 18.4. The summed E-state index contributed by atoms with van der Waals surface area (Å²) in [4.78, 5) is 33.1. The molecule has 4 rings (SSSR count). The van der Waals surface area contributed by atoms with Crippen LogP contribution >= 0.6 is 11.3 Å². The minimum atomic E-state index is -0.454. The molecule has 3 aromatic rings. The number of hydrogen-bond donors (Lipinski definition) is 0. The molecule has 0 atom stereocenters. The fourth-order valence-corrected chi connectivity index (χ4v) is 4.49. The molecule has 132 valence electrons. The molecule has 1 aromatic heterocycles. The van der Waals surface area contributed by atoms with Crippen LogP contribution in [0.4, 0.5) is 5.69 Å². The highest BCUT2D eigenvalue weighted by Gasteiger charge is 2.37. The predicted molar refractivity (Wildman–Crippen MR) is 104 cm³/mol. The van der Waals surface area contributed by atoms with Crippen molar-refractivity contribution in [2.45, 2.75) is 20.4 Å². The van der Waals surface area contributed by atoms with Crippen molar-refractivity contribution in [1.29, 1.82) is 0 Å². The maximum absolute atomic E-state index is 12.5.